The lowest BCUT2D eigenvalue weighted by atomic mass is 10.1. The Balaban J connectivity index is 2.43. The van der Waals surface area contributed by atoms with Gasteiger partial charge in [-0.3, -0.25) is 4.79 Å². The van der Waals surface area contributed by atoms with Crippen molar-refractivity contribution >= 4 is 43.5 Å². The normalized spacial score (nSPS) is 11.0. The Morgan fingerprint density at radius 1 is 0.958 bits per heavy atom. The Hall–Kier alpha value is -1.31. The van der Waals surface area contributed by atoms with Crippen LogP contribution in [0, 0.1) is 11.6 Å². The molecule has 24 heavy (non-hydrogen) atoms. The number of carbonyl (C=O) groups excluding carboxylic acids is 1. The van der Waals surface area contributed by atoms with E-state index in [1.807, 2.05) is 19.0 Å². The van der Waals surface area contributed by atoms with Crippen LogP contribution in [0.15, 0.2) is 45.3 Å². The summed E-state index contributed by atoms with van der Waals surface area (Å²) in [5.74, 6) is -1.78. The fourth-order valence-electron chi connectivity index (χ4n) is 2.14. The highest BCUT2D eigenvalue weighted by Crippen LogP contribution is 2.26. The van der Waals surface area contributed by atoms with Crippen LogP contribution in [0.3, 0.4) is 0 Å². The van der Waals surface area contributed by atoms with Gasteiger partial charge >= 0.3 is 0 Å². The molecular weight excluding hydrogens is 446 g/mol. The number of amides is 1. The van der Waals surface area contributed by atoms with E-state index < -0.39 is 17.5 Å². The highest BCUT2D eigenvalue weighted by atomic mass is 79.9. The second-order valence-corrected chi connectivity index (χ2v) is 7.31. The molecule has 0 aromatic heterocycles. The molecule has 0 aliphatic heterocycles. The molecule has 3 nitrogen and oxygen atoms in total. The van der Waals surface area contributed by atoms with E-state index in [-0.39, 0.29) is 17.8 Å². The minimum absolute atomic E-state index is 0.0979. The number of benzene rings is 2. The Morgan fingerprint density at radius 2 is 1.54 bits per heavy atom. The summed E-state index contributed by atoms with van der Waals surface area (Å²) in [5, 5.41) is 0. The van der Waals surface area contributed by atoms with Crippen LogP contribution < -0.4 is 4.90 Å². The van der Waals surface area contributed by atoms with E-state index in [9.17, 15) is 13.6 Å². The number of rotatable bonds is 5. The molecule has 0 unspecified atom stereocenters. The minimum Gasteiger partial charge on any atom is -0.308 e. The summed E-state index contributed by atoms with van der Waals surface area (Å²) in [5.41, 5.74) is 0.0200. The molecule has 0 N–H and O–H groups in total. The van der Waals surface area contributed by atoms with E-state index in [1.54, 1.807) is 12.1 Å². The summed E-state index contributed by atoms with van der Waals surface area (Å²) in [6.45, 7) is 0.749. The van der Waals surface area contributed by atoms with Crippen molar-refractivity contribution in [1.29, 1.82) is 0 Å². The van der Waals surface area contributed by atoms with Crippen LogP contribution in [-0.4, -0.2) is 38.0 Å². The molecule has 0 atom stereocenters. The first-order valence-electron chi connectivity index (χ1n) is 7.16. The monoisotopic (exact) mass is 460 g/mol. The van der Waals surface area contributed by atoms with Gasteiger partial charge in [-0.15, -0.1) is 0 Å². The molecule has 128 valence electrons. The van der Waals surface area contributed by atoms with Crippen molar-refractivity contribution in [3.8, 4) is 0 Å². The molecule has 2 rings (SSSR count). The van der Waals surface area contributed by atoms with Crippen molar-refractivity contribution in [3.63, 3.8) is 0 Å². The van der Waals surface area contributed by atoms with Crippen molar-refractivity contribution < 1.29 is 13.6 Å². The molecule has 1 amide bonds. The van der Waals surface area contributed by atoms with Gasteiger partial charge in [0.05, 0.1) is 11.3 Å². The van der Waals surface area contributed by atoms with Crippen LogP contribution in [0.5, 0.6) is 0 Å². The number of hydrogen-bond donors (Lipinski definition) is 0. The van der Waals surface area contributed by atoms with Crippen molar-refractivity contribution in [3.05, 3.63) is 62.5 Å². The van der Waals surface area contributed by atoms with Crippen molar-refractivity contribution in [1.82, 2.24) is 4.90 Å². The predicted molar refractivity (Wildman–Crippen MR) is 98.4 cm³/mol. The Kier molecular flexibility index (Phi) is 6.48. The average Bonchev–Trinajstić information content (AvgIpc) is 2.48. The van der Waals surface area contributed by atoms with Crippen LogP contribution in [0.2, 0.25) is 0 Å². The van der Waals surface area contributed by atoms with Gasteiger partial charge in [0.25, 0.3) is 5.91 Å². The summed E-state index contributed by atoms with van der Waals surface area (Å²) in [6, 6.07) is 8.62. The Morgan fingerprint density at radius 3 is 2.08 bits per heavy atom. The van der Waals surface area contributed by atoms with E-state index in [1.165, 1.54) is 29.2 Å². The van der Waals surface area contributed by atoms with E-state index in [0.29, 0.717) is 15.5 Å². The standard InChI is InChI=1S/C17H16Br2F2N2O/c1-22(2)7-8-23(16-6-4-12(19)10-15(16)21)17(24)13-5-3-11(18)9-14(13)20/h3-6,9-10H,7-8H2,1-2H3. The highest BCUT2D eigenvalue weighted by molar-refractivity contribution is 9.10. The van der Waals surface area contributed by atoms with E-state index in [4.69, 9.17) is 0 Å². The Labute approximate surface area is 156 Å². The molecule has 0 saturated heterocycles. The van der Waals surface area contributed by atoms with E-state index >= 15 is 0 Å². The van der Waals surface area contributed by atoms with E-state index in [0.717, 1.165) is 0 Å². The maximum atomic E-state index is 14.3. The number of likely N-dealkylation sites (N-methyl/N-ethyl adjacent to an activating group) is 1. The lowest BCUT2D eigenvalue weighted by molar-refractivity contribution is 0.0980. The zero-order chi connectivity index (χ0) is 17.9. The molecule has 0 spiro atoms. The van der Waals surface area contributed by atoms with Crippen LogP contribution in [-0.2, 0) is 0 Å². The lowest BCUT2D eigenvalue weighted by Gasteiger charge is -2.25. The lowest BCUT2D eigenvalue weighted by Crippen LogP contribution is -2.37. The first-order valence-corrected chi connectivity index (χ1v) is 8.75. The second-order valence-electron chi connectivity index (χ2n) is 5.48. The fraction of sp³-hybridized carbons (Fsp3) is 0.235. The molecule has 0 bridgehead atoms. The SMILES string of the molecule is CN(C)CCN(C(=O)c1ccc(Br)cc1F)c1ccc(Br)cc1F. The summed E-state index contributed by atoms with van der Waals surface area (Å²) in [7, 11) is 3.70. The van der Waals surface area contributed by atoms with Gasteiger partial charge in [-0.05, 0) is 50.5 Å². The summed E-state index contributed by atoms with van der Waals surface area (Å²) in [6.07, 6.45) is 0. The quantitative estimate of drug-likeness (QED) is 0.644. The zero-order valence-electron chi connectivity index (χ0n) is 13.2. The van der Waals surface area contributed by atoms with E-state index in [2.05, 4.69) is 31.9 Å². The molecule has 2 aromatic rings. The number of halogens is 4. The van der Waals surface area contributed by atoms with Gasteiger partial charge in [0, 0.05) is 22.0 Å². The molecule has 2 aromatic carbocycles. The third kappa shape index (κ3) is 4.62. The highest BCUT2D eigenvalue weighted by Gasteiger charge is 2.23. The van der Waals surface area contributed by atoms with Crippen molar-refractivity contribution in [2.24, 2.45) is 0 Å². The van der Waals surface area contributed by atoms with Gasteiger partial charge in [0.15, 0.2) is 0 Å². The average molecular weight is 462 g/mol. The third-order valence-corrected chi connectivity index (χ3v) is 4.36. The minimum atomic E-state index is -0.651. The van der Waals surface area contributed by atoms with Gasteiger partial charge in [0.2, 0.25) is 0 Å². The van der Waals surface area contributed by atoms with Gasteiger partial charge in [-0.2, -0.15) is 0 Å². The summed E-state index contributed by atoms with van der Waals surface area (Å²) >= 11 is 6.35. The largest absolute Gasteiger partial charge is 0.308 e. The fourth-order valence-corrected chi connectivity index (χ4v) is 2.81. The number of hydrogen-bond acceptors (Lipinski definition) is 2. The molecule has 0 saturated carbocycles. The van der Waals surface area contributed by atoms with Crippen molar-refractivity contribution in [2.75, 3.05) is 32.1 Å². The van der Waals surface area contributed by atoms with Gasteiger partial charge in [-0.25, -0.2) is 8.78 Å². The van der Waals surface area contributed by atoms with Crippen LogP contribution in [0.1, 0.15) is 10.4 Å². The number of anilines is 1. The second kappa shape index (κ2) is 8.18. The van der Waals surface area contributed by atoms with Gasteiger partial charge in [0.1, 0.15) is 11.6 Å². The number of carbonyl (C=O) groups is 1. The van der Waals surface area contributed by atoms with Gasteiger partial charge in [-0.1, -0.05) is 31.9 Å². The van der Waals surface area contributed by atoms with Crippen LogP contribution in [0.25, 0.3) is 0 Å². The maximum Gasteiger partial charge on any atom is 0.261 e. The molecule has 0 heterocycles. The predicted octanol–water partition coefficient (Wildman–Crippen LogP) is 4.70. The first-order chi connectivity index (χ1) is 11.3. The summed E-state index contributed by atoms with van der Waals surface area (Å²) < 4.78 is 29.6. The number of nitrogens with zero attached hydrogens (tertiary/aromatic N) is 2. The Bertz CT molecular complexity index is 753. The molecule has 0 aliphatic carbocycles. The molecular formula is C17H16Br2F2N2O. The molecule has 7 heteroatoms. The zero-order valence-corrected chi connectivity index (χ0v) is 16.4. The first kappa shape index (κ1) is 19.0. The van der Waals surface area contributed by atoms with Crippen molar-refractivity contribution in [2.45, 2.75) is 0 Å². The summed E-state index contributed by atoms with van der Waals surface area (Å²) in [4.78, 5) is 15.9. The maximum absolute atomic E-state index is 14.3. The topological polar surface area (TPSA) is 23.6 Å². The van der Waals surface area contributed by atoms with Crippen LogP contribution in [0.4, 0.5) is 14.5 Å². The smallest absolute Gasteiger partial charge is 0.261 e. The molecule has 0 aliphatic rings. The molecule has 0 fully saturated rings. The molecule has 0 radical (unpaired) electrons. The van der Waals surface area contributed by atoms with Gasteiger partial charge < -0.3 is 9.80 Å². The van der Waals surface area contributed by atoms with Crippen LogP contribution >= 0.6 is 31.9 Å². The third-order valence-electron chi connectivity index (χ3n) is 3.38.